The first-order valence-electron chi connectivity index (χ1n) is 7.17. The van der Waals surface area contributed by atoms with E-state index in [2.05, 4.69) is 26.1 Å². The minimum atomic E-state index is 0.582. The SMILES string of the molecule is CCC1CCCCC1N=C1NC(C)C(C)CS1. The Hall–Kier alpha value is -0.180. The minimum Gasteiger partial charge on any atom is -0.362 e. The van der Waals surface area contributed by atoms with Crippen LogP contribution in [0.3, 0.4) is 0 Å². The fourth-order valence-corrected chi connectivity index (χ4v) is 3.98. The molecule has 1 aliphatic carbocycles. The monoisotopic (exact) mass is 254 g/mol. The minimum absolute atomic E-state index is 0.582. The second-order valence-electron chi connectivity index (χ2n) is 5.68. The van der Waals surface area contributed by atoms with Crippen LogP contribution in [0, 0.1) is 11.8 Å². The first kappa shape index (κ1) is 13.3. The van der Waals surface area contributed by atoms with Crippen molar-refractivity contribution in [3.05, 3.63) is 0 Å². The van der Waals surface area contributed by atoms with Gasteiger partial charge in [0.15, 0.2) is 5.17 Å². The lowest BCUT2D eigenvalue weighted by Crippen LogP contribution is -2.42. The molecular weight excluding hydrogens is 228 g/mol. The van der Waals surface area contributed by atoms with E-state index in [4.69, 9.17) is 4.99 Å². The van der Waals surface area contributed by atoms with Crippen molar-refractivity contribution in [3.8, 4) is 0 Å². The summed E-state index contributed by atoms with van der Waals surface area (Å²) >= 11 is 1.92. The van der Waals surface area contributed by atoms with Gasteiger partial charge in [-0.3, -0.25) is 4.99 Å². The number of aliphatic imine (C=N–C) groups is 1. The number of hydrogen-bond acceptors (Lipinski definition) is 2. The predicted octanol–water partition coefficient (Wildman–Crippen LogP) is 3.67. The van der Waals surface area contributed by atoms with E-state index >= 15 is 0 Å². The molecule has 1 heterocycles. The Kier molecular flexibility index (Phi) is 4.78. The highest BCUT2D eigenvalue weighted by Crippen LogP contribution is 2.30. The quantitative estimate of drug-likeness (QED) is 0.813. The average Bonchev–Trinajstić information content (AvgIpc) is 2.34. The Morgan fingerprint density at radius 1 is 1.29 bits per heavy atom. The van der Waals surface area contributed by atoms with E-state index in [0.29, 0.717) is 12.1 Å². The van der Waals surface area contributed by atoms with Gasteiger partial charge >= 0.3 is 0 Å². The van der Waals surface area contributed by atoms with Crippen LogP contribution >= 0.6 is 11.8 Å². The van der Waals surface area contributed by atoms with Gasteiger partial charge in [0.25, 0.3) is 0 Å². The van der Waals surface area contributed by atoms with Crippen LogP contribution in [0.2, 0.25) is 0 Å². The highest BCUT2D eigenvalue weighted by molar-refractivity contribution is 8.13. The molecule has 2 nitrogen and oxygen atoms in total. The highest BCUT2D eigenvalue weighted by Gasteiger charge is 2.26. The van der Waals surface area contributed by atoms with Gasteiger partial charge in [0.2, 0.25) is 0 Å². The summed E-state index contributed by atoms with van der Waals surface area (Å²) in [6.07, 6.45) is 6.75. The Balaban J connectivity index is 1.97. The Bertz CT molecular complexity index is 277. The number of nitrogens with zero attached hydrogens (tertiary/aromatic N) is 1. The van der Waals surface area contributed by atoms with Crippen LogP contribution in [0.4, 0.5) is 0 Å². The average molecular weight is 254 g/mol. The van der Waals surface area contributed by atoms with Crippen molar-refractivity contribution in [2.75, 3.05) is 5.75 Å². The van der Waals surface area contributed by atoms with Crippen molar-refractivity contribution in [1.82, 2.24) is 5.32 Å². The van der Waals surface area contributed by atoms with Gasteiger partial charge in [0.1, 0.15) is 0 Å². The van der Waals surface area contributed by atoms with Crippen LogP contribution in [-0.2, 0) is 0 Å². The van der Waals surface area contributed by atoms with Gasteiger partial charge in [-0.1, -0.05) is 44.9 Å². The number of hydrogen-bond donors (Lipinski definition) is 1. The summed E-state index contributed by atoms with van der Waals surface area (Å²) in [5, 5.41) is 4.78. The fourth-order valence-electron chi connectivity index (χ4n) is 2.79. The van der Waals surface area contributed by atoms with Gasteiger partial charge in [-0.15, -0.1) is 0 Å². The highest BCUT2D eigenvalue weighted by atomic mass is 32.2. The lowest BCUT2D eigenvalue weighted by Gasteiger charge is -2.32. The summed E-state index contributed by atoms with van der Waals surface area (Å²) in [6, 6.07) is 1.17. The van der Waals surface area contributed by atoms with Crippen molar-refractivity contribution < 1.29 is 0 Å². The van der Waals surface area contributed by atoms with Gasteiger partial charge in [0.05, 0.1) is 6.04 Å². The second kappa shape index (κ2) is 6.12. The summed E-state index contributed by atoms with van der Waals surface area (Å²) in [7, 11) is 0. The summed E-state index contributed by atoms with van der Waals surface area (Å²) in [5.74, 6) is 2.80. The molecule has 98 valence electrons. The second-order valence-corrected chi connectivity index (χ2v) is 6.68. The standard InChI is InChI=1S/C14H26N2S/c1-4-12-7-5-6-8-13(12)16-14-15-11(3)10(2)9-17-14/h10-13H,4-9H2,1-3H3,(H,15,16). The van der Waals surface area contributed by atoms with Crippen molar-refractivity contribution in [1.29, 1.82) is 0 Å². The third kappa shape index (κ3) is 3.40. The maximum absolute atomic E-state index is 5.00. The smallest absolute Gasteiger partial charge is 0.157 e. The zero-order valence-corrected chi connectivity index (χ0v) is 12.2. The lowest BCUT2D eigenvalue weighted by molar-refractivity contribution is 0.301. The molecule has 4 unspecified atom stereocenters. The molecule has 0 aromatic heterocycles. The molecule has 1 saturated carbocycles. The molecule has 1 aliphatic heterocycles. The van der Waals surface area contributed by atoms with E-state index in [0.717, 1.165) is 11.8 Å². The Morgan fingerprint density at radius 2 is 2.06 bits per heavy atom. The molecule has 0 aromatic carbocycles. The number of nitrogens with one attached hydrogen (secondary N) is 1. The Labute approximate surface area is 110 Å². The van der Waals surface area contributed by atoms with E-state index in [9.17, 15) is 0 Å². The summed E-state index contributed by atoms with van der Waals surface area (Å²) in [5.41, 5.74) is 0. The predicted molar refractivity (Wildman–Crippen MR) is 77.7 cm³/mol. The molecule has 2 rings (SSSR count). The number of thioether (sulfide) groups is 1. The van der Waals surface area contributed by atoms with Gasteiger partial charge in [0, 0.05) is 11.8 Å². The lowest BCUT2D eigenvalue weighted by atomic mass is 9.83. The molecule has 17 heavy (non-hydrogen) atoms. The third-order valence-electron chi connectivity index (χ3n) is 4.36. The fraction of sp³-hybridized carbons (Fsp3) is 0.929. The molecule has 1 saturated heterocycles. The molecule has 0 radical (unpaired) electrons. The molecule has 3 heteroatoms. The molecule has 0 aromatic rings. The Morgan fingerprint density at radius 3 is 2.76 bits per heavy atom. The maximum atomic E-state index is 5.00. The van der Waals surface area contributed by atoms with Crippen LogP contribution in [-0.4, -0.2) is 23.0 Å². The normalized spacial score (nSPS) is 41.2. The van der Waals surface area contributed by atoms with Crippen LogP contribution < -0.4 is 5.32 Å². The van der Waals surface area contributed by atoms with Crippen LogP contribution in [0.1, 0.15) is 52.9 Å². The number of amidine groups is 1. The zero-order chi connectivity index (χ0) is 12.3. The van der Waals surface area contributed by atoms with E-state index < -0.39 is 0 Å². The molecule has 2 aliphatic rings. The van der Waals surface area contributed by atoms with Crippen LogP contribution in [0.15, 0.2) is 4.99 Å². The van der Waals surface area contributed by atoms with Crippen LogP contribution in [0.5, 0.6) is 0 Å². The summed E-state index contributed by atoms with van der Waals surface area (Å²) in [4.78, 5) is 5.00. The largest absolute Gasteiger partial charge is 0.362 e. The third-order valence-corrected chi connectivity index (χ3v) is 5.55. The van der Waals surface area contributed by atoms with E-state index in [1.807, 2.05) is 11.8 Å². The number of rotatable bonds is 2. The first-order chi connectivity index (χ1) is 8.20. The van der Waals surface area contributed by atoms with Gasteiger partial charge < -0.3 is 5.32 Å². The van der Waals surface area contributed by atoms with Crippen molar-refractivity contribution in [2.45, 2.75) is 65.0 Å². The van der Waals surface area contributed by atoms with E-state index in [1.165, 1.54) is 43.0 Å². The van der Waals surface area contributed by atoms with Crippen molar-refractivity contribution >= 4 is 16.9 Å². The molecule has 0 bridgehead atoms. The maximum Gasteiger partial charge on any atom is 0.157 e. The molecule has 0 spiro atoms. The van der Waals surface area contributed by atoms with Crippen molar-refractivity contribution in [3.63, 3.8) is 0 Å². The molecule has 2 fully saturated rings. The zero-order valence-electron chi connectivity index (χ0n) is 11.4. The summed E-state index contributed by atoms with van der Waals surface area (Å²) < 4.78 is 0. The topological polar surface area (TPSA) is 24.4 Å². The molecule has 1 N–H and O–H groups in total. The first-order valence-corrected chi connectivity index (χ1v) is 8.16. The van der Waals surface area contributed by atoms with E-state index in [1.54, 1.807) is 0 Å². The molecule has 4 atom stereocenters. The van der Waals surface area contributed by atoms with Crippen molar-refractivity contribution in [2.24, 2.45) is 16.8 Å². The van der Waals surface area contributed by atoms with Gasteiger partial charge in [-0.05, 0) is 31.6 Å². The van der Waals surface area contributed by atoms with Gasteiger partial charge in [-0.2, -0.15) is 0 Å². The van der Waals surface area contributed by atoms with E-state index in [-0.39, 0.29) is 0 Å². The van der Waals surface area contributed by atoms with Gasteiger partial charge in [-0.25, -0.2) is 0 Å². The van der Waals surface area contributed by atoms with Crippen LogP contribution in [0.25, 0.3) is 0 Å². The summed E-state index contributed by atoms with van der Waals surface area (Å²) in [6.45, 7) is 6.91. The molecule has 0 amide bonds. The molecular formula is C14H26N2S.